The standard InChI is InChI=1S/C72H55NSi2/c1-9-29-56(30-10-1)71-49-25-26-50-72(71)73(61-33-11-2-12-34-61)62-52-59(57-31-27-47-69(54-57)74(63-35-13-3-14-36-63,64-37-15-4-16-38-64)65-39-17-5-18-40-65)51-60(53-62)58-32-28-48-70(55-58)75(66-41-19-6-20-42-66,67-43-21-7-22-44-67)68-45-23-8-24-46-68/h1-55H. The molecule has 0 saturated heterocycles. The van der Waals surface area contributed by atoms with Gasteiger partial charge in [-0.15, -0.1) is 0 Å². The van der Waals surface area contributed by atoms with Crippen molar-refractivity contribution in [3.8, 4) is 33.4 Å². The molecule has 12 rings (SSSR count). The lowest BCUT2D eigenvalue weighted by Gasteiger charge is -2.35. The first kappa shape index (κ1) is 46.9. The van der Waals surface area contributed by atoms with Crippen molar-refractivity contribution in [2.75, 3.05) is 4.90 Å². The SMILES string of the molecule is c1ccc(-c2ccccc2N(c2ccccc2)c2cc(-c3cccc([Si](c4ccccc4)(c4ccccc4)c4ccccc4)c3)cc(-c3cccc([Si](c4ccccc4)(c4ccccc4)c4ccccc4)c3)c2)cc1. The molecule has 0 aromatic heterocycles. The number of anilines is 3. The van der Waals surface area contributed by atoms with Gasteiger partial charge in [-0.1, -0.05) is 297 Å². The minimum Gasteiger partial charge on any atom is -0.310 e. The van der Waals surface area contributed by atoms with Gasteiger partial charge in [-0.2, -0.15) is 0 Å². The van der Waals surface area contributed by atoms with E-state index in [1.807, 2.05) is 0 Å². The Morgan fingerprint density at radius 2 is 0.480 bits per heavy atom. The molecule has 0 fully saturated rings. The molecule has 356 valence electrons. The molecule has 0 aliphatic carbocycles. The summed E-state index contributed by atoms with van der Waals surface area (Å²) in [6, 6.07) is 124. The maximum absolute atomic E-state index is 2.86. The predicted octanol–water partition coefficient (Wildman–Crippen LogP) is 12.9. The molecule has 0 bridgehead atoms. The van der Waals surface area contributed by atoms with Crippen molar-refractivity contribution in [3.05, 3.63) is 334 Å². The average Bonchev–Trinajstić information content (AvgIpc) is 3.50. The van der Waals surface area contributed by atoms with Crippen molar-refractivity contribution in [2.45, 2.75) is 0 Å². The van der Waals surface area contributed by atoms with Crippen molar-refractivity contribution < 1.29 is 0 Å². The topological polar surface area (TPSA) is 3.24 Å². The Morgan fingerprint density at radius 3 is 0.853 bits per heavy atom. The summed E-state index contributed by atoms with van der Waals surface area (Å²) in [6.07, 6.45) is 0. The number of para-hydroxylation sites is 2. The summed E-state index contributed by atoms with van der Waals surface area (Å²) in [5, 5.41) is 10.8. The molecule has 12 aromatic rings. The molecule has 0 atom stereocenters. The number of benzene rings is 12. The number of rotatable bonds is 14. The first-order chi connectivity index (χ1) is 37.2. The maximum Gasteiger partial charge on any atom is 0.179 e. The third-order valence-electron chi connectivity index (χ3n) is 14.9. The van der Waals surface area contributed by atoms with E-state index in [-0.39, 0.29) is 0 Å². The highest BCUT2D eigenvalue weighted by Crippen LogP contribution is 2.43. The second-order valence-corrected chi connectivity index (χ2v) is 26.8. The van der Waals surface area contributed by atoms with Gasteiger partial charge in [0.2, 0.25) is 0 Å². The molecular formula is C72H55NSi2. The van der Waals surface area contributed by atoms with Crippen molar-refractivity contribution in [3.63, 3.8) is 0 Å². The van der Waals surface area contributed by atoms with Gasteiger partial charge in [0, 0.05) is 16.9 Å². The summed E-state index contributed by atoms with van der Waals surface area (Å²) in [7, 11) is -5.72. The minimum absolute atomic E-state index is 1.07. The van der Waals surface area contributed by atoms with Gasteiger partial charge < -0.3 is 4.90 Å². The Labute approximate surface area is 444 Å². The number of nitrogens with zero attached hydrogens (tertiary/aromatic N) is 1. The van der Waals surface area contributed by atoms with Crippen LogP contribution in [0.15, 0.2) is 334 Å². The van der Waals surface area contributed by atoms with Crippen LogP contribution in [-0.4, -0.2) is 16.1 Å². The molecule has 0 N–H and O–H groups in total. The van der Waals surface area contributed by atoms with Crippen molar-refractivity contribution in [1.29, 1.82) is 0 Å². The second kappa shape index (κ2) is 21.1. The average molecular weight is 990 g/mol. The van der Waals surface area contributed by atoms with Crippen molar-refractivity contribution in [2.24, 2.45) is 0 Å². The van der Waals surface area contributed by atoms with Gasteiger partial charge in [-0.25, -0.2) is 0 Å². The Bertz CT molecular complexity index is 3420. The van der Waals surface area contributed by atoms with Crippen molar-refractivity contribution in [1.82, 2.24) is 0 Å². The monoisotopic (exact) mass is 989 g/mol. The molecule has 12 aromatic carbocycles. The van der Waals surface area contributed by atoms with Gasteiger partial charge in [0.25, 0.3) is 0 Å². The highest BCUT2D eigenvalue weighted by atomic mass is 28.3. The predicted molar refractivity (Wildman–Crippen MR) is 325 cm³/mol. The lowest BCUT2D eigenvalue weighted by molar-refractivity contribution is 1.28. The summed E-state index contributed by atoms with van der Waals surface area (Å²) in [6.45, 7) is 0. The third-order valence-corrected chi connectivity index (χ3v) is 24.5. The van der Waals surface area contributed by atoms with E-state index in [2.05, 4.69) is 339 Å². The Morgan fingerprint density at radius 1 is 0.187 bits per heavy atom. The van der Waals surface area contributed by atoms with E-state index in [1.54, 1.807) is 0 Å². The first-order valence-corrected chi connectivity index (χ1v) is 29.9. The molecule has 0 aliphatic rings. The molecule has 0 radical (unpaired) electrons. The number of hydrogen-bond donors (Lipinski definition) is 0. The van der Waals surface area contributed by atoms with E-state index in [1.165, 1.54) is 47.1 Å². The summed E-state index contributed by atoms with van der Waals surface area (Å²) >= 11 is 0. The molecule has 75 heavy (non-hydrogen) atoms. The zero-order valence-electron chi connectivity index (χ0n) is 41.7. The molecular weight excluding hydrogens is 935 g/mol. The van der Waals surface area contributed by atoms with E-state index in [0.29, 0.717) is 0 Å². The second-order valence-electron chi connectivity index (χ2n) is 19.2. The fraction of sp³-hybridized carbons (Fsp3) is 0. The molecule has 1 nitrogen and oxygen atoms in total. The highest BCUT2D eigenvalue weighted by molar-refractivity contribution is 7.20. The fourth-order valence-corrected chi connectivity index (χ4v) is 21.2. The quantitative estimate of drug-likeness (QED) is 0.0775. The van der Waals surface area contributed by atoms with Gasteiger partial charge in [0.15, 0.2) is 16.1 Å². The van der Waals surface area contributed by atoms with Crippen LogP contribution in [0.1, 0.15) is 0 Å². The highest BCUT2D eigenvalue weighted by Gasteiger charge is 2.43. The molecule has 0 heterocycles. The van der Waals surface area contributed by atoms with Crippen LogP contribution in [0.2, 0.25) is 0 Å². The zero-order chi connectivity index (χ0) is 50.3. The Balaban J connectivity index is 1.13. The largest absolute Gasteiger partial charge is 0.310 e. The van der Waals surface area contributed by atoms with Gasteiger partial charge in [-0.05, 0) is 106 Å². The summed E-state index contributed by atoms with van der Waals surface area (Å²) in [5.41, 5.74) is 10.2. The lowest BCUT2D eigenvalue weighted by Crippen LogP contribution is -2.74. The fourth-order valence-electron chi connectivity index (χ4n) is 11.6. The van der Waals surface area contributed by atoms with Crippen molar-refractivity contribution >= 4 is 74.7 Å². The van der Waals surface area contributed by atoms with Crippen LogP contribution in [0, 0.1) is 0 Å². The molecule has 0 spiro atoms. The van der Waals surface area contributed by atoms with Crippen LogP contribution >= 0.6 is 0 Å². The summed E-state index contributed by atoms with van der Waals surface area (Å²) < 4.78 is 0. The van der Waals surface area contributed by atoms with Crippen LogP contribution in [0.4, 0.5) is 17.1 Å². The van der Waals surface area contributed by atoms with Gasteiger partial charge in [-0.3, -0.25) is 0 Å². The first-order valence-electron chi connectivity index (χ1n) is 25.9. The lowest BCUT2D eigenvalue weighted by atomic mass is 9.96. The molecule has 3 heteroatoms. The smallest absolute Gasteiger partial charge is 0.179 e. The zero-order valence-corrected chi connectivity index (χ0v) is 43.7. The summed E-state index contributed by atoms with van der Waals surface area (Å²) in [5.74, 6) is 0. The Hall–Kier alpha value is -9.13. The van der Waals surface area contributed by atoms with Gasteiger partial charge in [0.1, 0.15) is 0 Å². The van der Waals surface area contributed by atoms with E-state index in [9.17, 15) is 0 Å². The number of hydrogen-bond acceptors (Lipinski definition) is 1. The van der Waals surface area contributed by atoms with Crippen LogP contribution in [0.5, 0.6) is 0 Å². The Kier molecular flexibility index (Phi) is 13.2. The van der Waals surface area contributed by atoms with Gasteiger partial charge >= 0.3 is 0 Å². The normalized spacial score (nSPS) is 11.5. The van der Waals surface area contributed by atoms with E-state index >= 15 is 0 Å². The molecule has 0 saturated carbocycles. The molecule has 0 aliphatic heterocycles. The maximum atomic E-state index is 2.50. The minimum atomic E-state index is -2.86. The third kappa shape index (κ3) is 8.89. The van der Waals surface area contributed by atoms with E-state index < -0.39 is 16.1 Å². The van der Waals surface area contributed by atoms with Crippen LogP contribution in [-0.2, 0) is 0 Å². The molecule has 0 unspecified atom stereocenters. The van der Waals surface area contributed by atoms with E-state index in [0.717, 1.165) is 44.9 Å². The van der Waals surface area contributed by atoms with Crippen LogP contribution in [0.25, 0.3) is 33.4 Å². The molecule has 0 amide bonds. The van der Waals surface area contributed by atoms with Gasteiger partial charge in [0.05, 0.1) is 5.69 Å². The summed E-state index contributed by atoms with van der Waals surface area (Å²) in [4.78, 5) is 2.46. The van der Waals surface area contributed by atoms with E-state index in [4.69, 9.17) is 0 Å². The van der Waals surface area contributed by atoms with Crippen LogP contribution < -0.4 is 46.4 Å². The van der Waals surface area contributed by atoms with Crippen LogP contribution in [0.3, 0.4) is 0 Å².